The fourth-order valence-electron chi connectivity index (χ4n) is 1.63. The average Bonchev–Trinajstić information content (AvgIpc) is 2.40. The number of hydrogen-bond acceptors (Lipinski definition) is 3. The molecule has 0 unspecified atom stereocenters. The van der Waals surface area contributed by atoms with E-state index >= 15 is 0 Å². The van der Waals surface area contributed by atoms with Gasteiger partial charge in [-0.2, -0.15) is 0 Å². The molecule has 0 saturated heterocycles. The predicted molar refractivity (Wildman–Crippen MR) is 72.1 cm³/mol. The van der Waals surface area contributed by atoms with Crippen LogP contribution in [0.25, 0.3) is 0 Å². The van der Waals surface area contributed by atoms with Gasteiger partial charge in [-0.1, -0.05) is 18.2 Å². The average molecular weight is 245 g/mol. The molecule has 3 nitrogen and oxygen atoms in total. The Morgan fingerprint density at radius 1 is 1.11 bits per heavy atom. The third-order valence-electron chi connectivity index (χ3n) is 2.56. The van der Waals surface area contributed by atoms with Gasteiger partial charge in [0.15, 0.2) is 0 Å². The Labute approximate surface area is 106 Å². The summed E-state index contributed by atoms with van der Waals surface area (Å²) in [6.07, 6.45) is 1.76. The van der Waals surface area contributed by atoms with E-state index in [4.69, 9.17) is 0 Å². The number of aromatic nitrogens is 1. The Bertz CT molecular complexity index is 497. The highest BCUT2D eigenvalue weighted by Gasteiger charge is 2.00. The Balaban J connectivity index is 1.96. The van der Waals surface area contributed by atoms with Crippen LogP contribution in [0, 0.1) is 5.82 Å². The van der Waals surface area contributed by atoms with Crippen LogP contribution >= 0.6 is 0 Å². The summed E-state index contributed by atoms with van der Waals surface area (Å²) in [4.78, 5) is 4.25. The first-order chi connectivity index (χ1) is 8.79. The number of halogens is 1. The summed E-state index contributed by atoms with van der Waals surface area (Å²) in [5.41, 5.74) is 1.61. The predicted octanol–water partition coefficient (Wildman–Crippen LogP) is 3.26. The Morgan fingerprint density at radius 3 is 2.61 bits per heavy atom. The molecule has 0 atom stereocenters. The molecule has 0 amide bonds. The lowest BCUT2D eigenvalue weighted by atomic mass is 10.2. The molecule has 0 saturated carbocycles. The van der Waals surface area contributed by atoms with Crippen LogP contribution in [0.2, 0.25) is 0 Å². The first-order valence-electron chi connectivity index (χ1n) is 5.97. The van der Waals surface area contributed by atoms with Crippen LogP contribution in [0.4, 0.5) is 15.9 Å². The molecule has 2 N–H and O–H groups in total. The van der Waals surface area contributed by atoms with Gasteiger partial charge in [-0.25, -0.2) is 9.37 Å². The van der Waals surface area contributed by atoms with E-state index in [0.717, 1.165) is 18.1 Å². The Hall–Kier alpha value is -2.10. The highest BCUT2D eigenvalue weighted by Crippen LogP contribution is 2.12. The molecule has 2 rings (SSSR count). The minimum absolute atomic E-state index is 0.200. The molecule has 0 radical (unpaired) electrons. The number of anilines is 2. The molecule has 4 heteroatoms. The molecule has 1 heterocycles. The lowest BCUT2D eigenvalue weighted by Crippen LogP contribution is -2.04. The Morgan fingerprint density at radius 2 is 1.94 bits per heavy atom. The molecule has 0 aliphatic heterocycles. The van der Waals surface area contributed by atoms with E-state index in [1.54, 1.807) is 18.3 Å². The topological polar surface area (TPSA) is 37.0 Å². The molecule has 0 fully saturated rings. The number of rotatable bonds is 5. The van der Waals surface area contributed by atoms with Gasteiger partial charge >= 0.3 is 0 Å². The molecule has 18 heavy (non-hydrogen) atoms. The third-order valence-corrected chi connectivity index (χ3v) is 2.56. The van der Waals surface area contributed by atoms with E-state index < -0.39 is 0 Å². The van der Waals surface area contributed by atoms with Crippen molar-refractivity contribution < 1.29 is 4.39 Å². The number of hydrogen-bond donors (Lipinski definition) is 2. The van der Waals surface area contributed by atoms with Crippen molar-refractivity contribution >= 4 is 11.5 Å². The van der Waals surface area contributed by atoms with Gasteiger partial charge in [-0.15, -0.1) is 0 Å². The normalized spacial score (nSPS) is 10.1. The zero-order chi connectivity index (χ0) is 12.8. The summed E-state index contributed by atoms with van der Waals surface area (Å²) in [6, 6.07) is 10.5. The quantitative estimate of drug-likeness (QED) is 0.849. The maximum atomic E-state index is 13.4. The van der Waals surface area contributed by atoms with E-state index in [-0.39, 0.29) is 5.82 Å². The standard InChI is InChI=1S/C14H16FN3/c1-2-16-12-7-8-14(18-10-12)17-9-11-5-3-4-6-13(11)15/h3-8,10,16H,2,9H2,1H3,(H,17,18). The van der Waals surface area contributed by atoms with Crippen LogP contribution < -0.4 is 10.6 Å². The number of pyridine rings is 1. The lowest BCUT2D eigenvalue weighted by molar-refractivity contribution is 0.613. The van der Waals surface area contributed by atoms with Gasteiger partial charge in [-0.05, 0) is 25.1 Å². The molecular formula is C14H16FN3. The first kappa shape index (κ1) is 12.4. The fraction of sp³-hybridized carbons (Fsp3) is 0.214. The van der Waals surface area contributed by atoms with Crippen LogP contribution in [0.3, 0.4) is 0 Å². The van der Waals surface area contributed by atoms with Crippen LogP contribution in [-0.4, -0.2) is 11.5 Å². The van der Waals surface area contributed by atoms with Crippen LogP contribution in [0.1, 0.15) is 12.5 Å². The zero-order valence-electron chi connectivity index (χ0n) is 10.3. The lowest BCUT2D eigenvalue weighted by Gasteiger charge is -2.08. The maximum Gasteiger partial charge on any atom is 0.128 e. The minimum Gasteiger partial charge on any atom is -0.384 e. The monoisotopic (exact) mass is 245 g/mol. The van der Waals surface area contributed by atoms with Gasteiger partial charge in [0.2, 0.25) is 0 Å². The van der Waals surface area contributed by atoms with Gasteiger partial charge in [-0.3, -0.25) is 0 Å². The number of benzene rings is 1. The molecule has 1 aromatic heterocycles. The van der Waals surface area contributed by atoms with Crippen LogP contribution in [0.5, 0.6) is 0 Å². The number of nitrogens with zero attached hydrogens (tertiary/aromatic N) is 1. The third kappa shape index (κ3) is 3.20. The van der Waals surface area contributed by atoms with E-state index in [1.807, 2.05) is 25.1 Å². The summed E-state index contributed by atoms with van der Waals surface area (Å²) in [7, 11) is 0. The molecule has 94 valence electrons. The summed E-state index contributed by atoms with van der Waals surface area (Å²) in [6.45, 7) is 3.33. The van der Waals surface area contributed by atoms with Crippen molar-refractivity contribution in [3.05, 3.63) is 54.0 Å². The van der Waals surface area contributed by atoms with E-state index in [2.05, 4.69) is 15.6 Å². The van der Waals surface area contributed by atoms with Gasteiger partial charge in [0.05, 0.1) is 11.9 Å². The first-order valence-corrected chi connectivity index (χ1v) is 5.97. The van der Waals surface area contributed by atoms with E-state index in [9.17, 15) is 4.39 Å². The van der Waals surface area contributed by atoms with Crippen molar-refractivity contribution in [3.8, 4) is 0 Å². The SMILES string of the molecule is CCNc1ccc(NCc2ccccc2F)nc1. The molecular weight excluding hydrogens is 229 g/mol. The summed E-state index contributed by atoms with van der Waals surface area (Å²) in [5, 5.41) is 6.26. The largest absolute Gasteiger partial charge is 0.384 e. The zero-order valence-corrected chi connectivity index (χ0v) is 10.3. The summed E-state index contributed by atoms with van der Waals surface area (Å²) in [5.74, 6) is 0.536. The highest BCUT2D eigenvalue weighted by molar-refractivity contribution is 5.47. The maximum absolute atomic E-state index is 13.4. The molecule has 0 bridgehead atoms. The second-order valence-corrected chi connectivity index (χ2v) is 3.91. The highest BCUT2D eigenvalue weighted by atomic mass is 19.1. The van der Waals surface area contributed by atoms with Gasteiger partial charge in [0, 0.05) is 18.7 Å². The van der Waals surface area contributed by atoms with E-state index in [1.165, 1.54) is 6.07 Å². The Kier molecular flexibility index (Phi) is 4.12. The smallest absolute Gasteiger partial charge is 0.128 e. The van der Waals surface area contributed by atoms with Crippen molar-refractivity contribution in [1.29, 1.82) is 0 Å². The van der Waals surface area contributed by atoms with E-state index in [0.29, 0.717) is 12.1 Å². The van der Waals surface area contributed by atoms with Crippen molar-refractivity contribution in [1.82, 2.24) is 4.98 Å². The molecule has 1 aromatic carbocycles. The minimum atomic E-state index is -0.200. The summed E-state index contributed by atoms with van der Waals surface area (Å²) >= 11 is 0. The number of nitrogens with one attached hydrogen (secondary N) is 2. The van der Waals surface area contributed by atoms with Crippen LogP contribution in [-0.2, 0) is 6.54 Å². The molecule has 0 spiro atoms. The summed E-state index contributed by atoms with van der Waals surface area (Å²) < 4.78 is 13.4. The van der Waals surface area contributed by atoms with Gasteiger partial charge in [0.1, 0.15) is 11.6 Å². The van der Waals surface area contributed by atoms with Crippen molar-refractivity contribution in [2.75, 3.05) is 17.2 Å². The van der Waals surface area contributed by atoms with Gasteiger partial charge < -0.3 is 10.6 Å². The van der Waals surface area contributed by atoms with Crippen LogP contribution in [0.15, 0.2) is 42.6 Å². The van der Waals surface area contributed by atoms with Crippen molar-refractivity contribution in [3.63, 3.8) is 0 Å². The molecule has 0 aliphatic carbocycles. The molecule has 2 aromatic rings. The van der Waals surface area contributed by atoms with Crippen molar-refractivity contribution in [2.45, 2.75) is 13.5 Å². The van der Waals surface area contributed by atoms with Crippen molar-refractivity contribution in [2.24, 2.45) is 0 Å². The fourth-order valence-corrected chi connectivity index (χ4v) is 1.63. The second-order valence-electron chi connectivity index (χ2n) is 3.91. The van der Waals surface area contributed by atoms with Gasteiger partial charge in [0.25, 0.3) is 0 Å². The molecule has 0 aliphatic rings. The second kappa shape index (κ2) is 6.00.